The molecule has 0 aliphatic heterocycles. The van der Waals surface area contributed by atoms with E-state index in [0.29, 0.717) is 0 Å². The fourth-order valence-corrected chi connectivity index (χ4v) is 1.82. The molecule has 0 saturated heterocycles. The Morgan fingerprint density at radius 2 is 1.67 bits per heavy atom. The molecule has 0 N–H and O–H groups in total. The van der Waals surface area contributed by atoms with Crippen molar-refractivity contribution in [3.05, 3.63) is 37.0 Å². The van der Waals surface area contributed by atoms with Gasteiger partial charge in [0, 0.05) is 0 Å². The van der Waals surface area contributed by atoms with Gasteiger partial charge in [0.25, 0.3) is 0 Å². The van der Waals surface area contributed by atoms with Crippen molar-refractivity contribution in [2.24, 2.45) is 5.92 Å². The van der Waals surface area contributed by atoms with Gasteiger partial charge >= 0.3 is 0 Å². The number of allylic oxidation sites excluding steroid dienone is 5. The molecule has 106 valence electrons. The number of unbranched alkanes of at least 4 members (excludes halogenated alkanes) is 4. The molecule has 0 aliphatic rings. The molecule has 0 aromatic carbocycles. The smallest absolute Gasteiger partial charge is 0.0233 e. The zero-order valence-electron chi connectivity index (χ0n) is 13.1. The standard InChI is InChI=1S/C16H28.C2H6/c1-4-7-9-10-11-13-15-16(6-3)14-12-8-5-2;1-2/h4-5,8,12,14,16H,1,6-7,9-11,13,15H2,2-3H3;1-2H3/b8-5-,14-12-;. The maximum atomic E-state index is 3.75. The molecule has 1 atom stereocenters. The minimum absolute atomic E-state index is 0.774. The van der Waals surface area contributed by atoms with Gasteiger partial charge in [-0.1, -0.05) is 70.4 Å². The van der Waals surface area contributed by atoms with Crippen molar-refractivity contribution in [2.75, 3.05) is 0 Å². The molecule has 0 saturated carbocycles. The van der Waals surface area contributed by atoms with E-state index in [1.807, 2.05) is 19.9 Å². The van der Waals surface area contributed by atoms with Gasteiger partial charge in [0.2, 0.25) is 0 Å². The van der Waals surface area contributed by atoms with Crippen LogP contribution >= 0.6 is 0 Å². The van der Waals surface area contributed by atoms with Crippen molar-refractivity contribution in [1.29, 1.82) is 0 Å². The van der Waals surface area contributed by atoms with Crippen LogP contribution in [0.1, 0.15) is 72.6 Å². The largest absolute Gasteiger partial charge is 0.103 e. The summed E-state index contributed by atoms with van der Waals surface area (Å²) in [4.78, 5) is 0. The Hall–Kier alpha value is -0.780. The fourth-order valence-electron chi connectivity index (χ4n) is 1.82. The van der Waals surface area contributed by atoms with Crippen LogP contribution < -0.4 is 0 Å². The summed E-state index contributed by atoms with van der Waals surface area (Å²) in [5.41, 5.74) is 0. The van der Waals surface area contributed by atoms with Crippen LogP contribution in [0.3, 0.4) is 0 Å². The highest BCUT2D eigenvalue weighted by molar-refractivity contribution is 5.02. The van der Waals surface area contributed by atoms with Crippen LogP contribution in [0, 0.1) is 5.92 Å². The van der Waals surface area contributed by atoms with Crippen molar-refractivity contribution in [2.45, 2.75) is 72.6 Å². The second kappa shape index (κ2) is 18.6. The highest BCUT2D eigenvalue weighted by atomic mass is 14.1. The van der Waals surface area contributed by atoms with Crippen molar-refractivity contribution < 1.29 is 0 Å². The van der Waals surface area contributed by atoms with Crippen molar-refractivity contribution in [1.82, 2.24) is 0 Å². The lowest BCUT2D eigenvalue weighted by atomic mass is 9.97. The van der Waals surface area contributed by atoms with Gasteiger partial charge in [0.1, 0.15) is 0 Å². The highest BCUT2D eigenvalue weighted by Crippen LogP contribution is 2.16. The maximum Gasteiger partial charge on any atom is -0.0233 e. The summed E-state index contributed by atoms with van der Waals surface area (Å²) >= 11 is 0. The van der Waals surface area contributed by atoms with Crippen LogP contribution in [0.2, 0.25) is 0 Å². The minimum atomic E-state index is 0.774. The SMILES string of the molecule is C=CCCCCCCC(/C=C\C=C/C)CC.CC. The van der Waals surface area contributed by atoms with Crippen molar-refractivity contribution in [3.63, 3.8) is 0 Å². The summed E-state index contributed by atoms with van der Waals surface area (Å²) in [5.74, 6) is 0.774. The van der Waals surface area contributed by atoms with E-state index in [4.69, 9.17) is 0 Å². The molecule has 0 amide bonds. The molecule has 0 aromatic heterocycles. The van der Waals surface area contributed by atoms with Gasteiger partial charge < -0.3 is 0 Å². The minimum Gasteiger partial charge on any atom is -0.103 e. The van der Waals surface area contributed by atoms with Gasteiger partial charge in [-0.2, -0.15) is 0 Å². The molecule has 0 rings (SSSR count). The van der Waals surface area contributed by atoms with Crippen molar-refractivity contribution >= 4 is 0 Å². The summed E-state index contributed by atoms with van der Waals surface area (Å²) < 4.78 is 0. The average molecular weight is 250 g/mol. The molecule has 0 fully saturated rings. The van der Waals surface area contributed by atoms with Gasteiger partial charge in [-0.25, -0.2) is 0 Å². The molecule has 0 spiro atoms. The summed E-state index contributed by atoms with van der Waals surface area (Å²) in [7, 11) is 0. The van der Waals surface area contributed by atoms with Crippen LogP contribution in [0.4, 0.5) is 0 Å². The second-order valence-corrected chi connectivity index (χ2v) is 4.36. The topological polar surface area (TPSA) is 0 Å². The van der Waals surface area contributed by atoms with E-state index < -0.39 is 0 Å². The van der Waals surface area contributed by atoms with Crippen LogP contribution in [-0.4, -0.2) is 0 Å². The average Bonchev–Trinajstić information content (AvgIpc) is 2.43. The van der Waals surface area contributed by atoms with Crippen LogP contribution in [0.5, 0.6) is 0 Å². The van der Waals surface area contributed by atoms with Crippen LogP contribution in [0.25, 0.3) is 0 Å². The first kappa shape index (κ1) is 19.6. The maximum absolute atomic E-state index is 3.75. The summed E-state index contributed by atoms with van der Waals surface area (Å²) in [5, 5.41) is 0. The molecule has 0 aliphatic carbocycles. The third-order valence-electron chi connectivity index (χ3n) is 2.94. The lowest BCUT2D eigenvalue weighted by molar-refractivity contribution is 0.515. The van der Waals surface area contributed by atoms with E-state index in [2.05, 4.69) is 44.7 Å². The number of rotatable bonds is 10. The zero-order valence-corrected chi connectivity index (χ0v) is 13.1. The monoisotopic (exact) mass is 250 g/mol. The Labute approximate surface area is 116 Å². The molecule has 0 radical (unpaired) electrons. The van der Waals surface area contributed by atoms with E-state index >= 15 is 0 Å². The van der Waals surface area contributed by atoms with Crippen LogP contribution in [-0.2, 0) is 0 Å². The normalized spacial score (nSPS) is 12.4. The molecular weight excluding hydrogens is 216 g/mol. The molecule has 0 nitrogen and oxygen atoms in total. The molecular formula is C18H34. The van der Waals surface area contributed by atoms with E-state index in [-0.39, 0.29) is 0 Å². The molecule has 0 heteroatoms. The highest BCUT2D eigenvalue weighted by Gasteiger charge is 2.00. The van der Waals surface area contributed by atoms with Gasteiger partial charge in [-0.3, -0.25) is 0 Å². The third-order valence-corrected chi connectivity index (χ3v) is 2.94. The Bertz CT molecular complexity index is 198. The van der Waals surface area contributed by atoms with E-state index in [1.54, 1.807) is 0 Å². The first-order valence-electron chi connectivity index (χ1n) is 7.75. The van der Waals surface area contributed by atoms with E-state index in [0.717, 1.165) is 5.92 Å². The van der Waals surface area contributed by atoms with Gasteiger partial charge in [-0.05, 0) is 38.5 Å². The number of hydrogen-bond acceptors (Lipinski definition) is 0. The number of hydrogen-bond donors (Lipinski definition) is 0. The summed E-state index contributed by atoms with van der Waals surface area (Å²) in [6, 6.07) is 0. The first-order chi connectivity index (χ1) is 8.85. The molecule has 1 unspecified atom stereocenters. The predicted molar refractivity (Wildman–Crippen MR) is 87.0 cm³/mol. The van der Waals surface area contributed by atoms with Gasteiger partial charge in [0.05, 0.1) is 0 Å². The lowest BCUT2D eigenvalue weighted by Crippen LogP contribution is -1.94. The quantitative estimate of drug-likeness (QED) is 0.230. The Morgan fingerprint density at radius 3 is 2.22 bits per heavy atom. The summed E-state index contributed by atoms with van der Waals surface area (Å²) in [6.07, 6.45) is 20.0. The predicted octanol–water partition coefficient (Wildman–Crippen LogP) is 6.70. The molecule has 0 heterocycles. The lowest BCUT2D eigenvalue weighted by Gasteiger charge is -2.09. The zero-order chi connectivity index (χ0) is 14.1. The third kappa shape index (κ3) is 15.2. The first-order valence-corrected chi connectivity index (χ1v) is 7.75. The second-order valence-electron chi connectivity index (χ2n) is 4.36. The van der Waals surface area contributed by atoms with Gasteiger partial charge in [0.15, 0.2) is 0 Å². The fraction of sp³-hybridized carbons (Fsp3) is 0.667. The summed E-state index contributed by atoms with van der Waals surface area (Å²) in [6.45, 7) is 12.1. The Balaban J connectivity index is 0. The molecule has 0 bridgehead atoms. The van der Waals surface area contributed by atoms with Crippen LogP contribution in [0.15, 0.2) is 37.0 Å². The van der Waals surface area contributed by atoms with Crippen molar-refractivity contribution in [3.8, 4) is 0 Å². The molecule has 18 heavy (non-hydrogen) atoms. The Kier molecular flexibility index (Phi) is 20.2. The van der Waals surface area contributed by atoms with Gasteiger partial charge in [-0.15, -0.1) is 6.58 Å². The van der Waals surface area contributed by atoms with E-state index in [1.165, 1.54) is 44.9 Å². The molecule has 0 aromatic rings. The Morgan fingerprint density at radius 1 is 1.00 bits per heavy atom. The van der Waals surface area contributed by atoms with E-state index in [9.17, 15) is 0 Å².